The van der Waals surface area contributed by atoms with Crippen LogP contribution < -0.4 is 39.9 Å². The first-order valence-electron chi connectivity index (χ1n) is 30.2. The third-order valence-corrected chi connectivity index (χ3v) is 14.0. The number of benzene rings is 6. The van der Waals surface area contributed by atoms with Gasteiger partial charge in [0.1, 0.15) is 34.5 Å². The Morgan fingerprint density at radius 1 is 0.353 bits per heavy atom. The summed E-state index contributed by atoms with van der Waals surface area (Å²) in [4.78, 5) is 53.6. The summed E-state index contributed by atoms with van der Waals surface area (Å²) in [5.74, 6) is 1.73. The second-order valence-corrected chi connectivity index (χ2v) is 21.1. The van der Waals surface area contributed by atoms with E-state index < -0.39 is 29.3 Å². The molecular formula is C71H86N2O12. The van der Waals surface area contributed by atoms with Gasteiger partial charge in [-0.15, -0.1) is 0 Å². The van der Waals surface area contributed by atoms with Crippen molar-refractivity contribution in [3.05, 3.63) is 180 Å². The summed E-state index contributed by atoms with van der Waals surface area (Å²) in [6.07, 6.45) is 21.1. The van der Waals surface area contributed by atoms with E-state index in [1.807, 2.05) is 72.8 Å². The number of anilines is 2. The van der Waals surface area contributed by atoms with Crippen molar-refractivity contribution in [1.29, 1.82) is 0 Å². The summed E-state index contributed by atoms with van der Waals surface area (Å²) in [6, 6.07) is 43.5. The number of esters is 4. The molecule has 6 rings (SSSR count). The first-order chi connectivity index (χ1) is 41.5. The van der Waals surface area contributed by atoms with Crippen LogP contribution >= 0.6 is 0 Å². The lowest BCUT2D eigenvalue weighted by atomic mass is 9.76. The van der Waals surface area contributed by atoms with Crippen molar-refractivity contribution < 1.29 is 57.1 Å². The van der Waals surface area contributed by atoms with Crippen LogP contribution in [0.5, 0.6) is 34.5 Å². The van der Waals surface area contributed by atoms with Crippen molar-refractivity contribution in [2.24, 2.45) is 5.41 Å². The second kappa shape index (κ2) is 37.6. The molecule has 0 amide bonds. The van der Waals surface area contributed by atoms with Gasteiger partial charge in [0.2, 0.25) is 0 Å². The molecule has 14 nitrogen and oxygen atoms in total. The fraction of sp³-hybridized carbons (Fsp3) is 0.380. The number of nitrogens with two attached hydrogens (primary N) is 2. The molecule has 0 aliphatic carbocycles. The highest BCUT2D eigenvalue weighted by Gasteiger charge is 2.49. The molecule has 6 aromatic rings. The fourth-order valence-electron chi connectivity index (χ4n) is 9.07. The molecule has 0 spiro atoms. The van der Waals surface area contributed by atoms with E-state index in [-0.39, 0.29) is 26.1 Å². The molecule has 0 aliphatic heterocycles. The van der Waals surface area contributed by atoms with Gasteiger partial charge in [-0.1, -0.05) is 127 Å². The Kier molecular flexibility index (Phi) is 29.1. The minimum absolute atomic E-state index is 0.0765. The van der Waals surface area contributed by atoms with Crippen LogP contribution in [0.3, 0.4) is 0 Å². The standard InChI is InChI=1S/C71H86N2O12/c1-3-5-47-78-63-37-41-65(42-38-63)84-67(74)45-27-55-23-33-61(34-24-55)80-49-15-11-7-9-13-17-51-82-69(76)71(53-57-19-29-59(72)30-20-57,54-58-21-31-60(73)32-22-58)70(77)83-52-18-14-10-8-12-16-50-81-62-35-25-56(26-36-62)28-46-68(75)85-66-43-39-64(40-44-66)79-48-6-4-2/h19-46H,3-18,47-54,72-73H2,1-2H3/b45-27+,46-28+. The van der Waals surface area contributed by atoms with Crippen molar-refractivity contribution in [1.82, 2.24) is 0 Å². The van der Waals surface area contributed by atoms with Crippen molar-refractivity contribution in [3.63, 3.8) is 0 Å². The number of hydrogen-bond donors (Lipinski definition) is 2. The number of nitrogen functional groups attached to an aromatic ring is 2. The molecule has 0 radical (unpaired) electrons. The van der Waals surface area contributed by atoms with E-state index in [4.69, 9.17) is 49.4 Å². The lowest BCUT2D eigenvalue weighted by Crippen LogP contribution is -2.46. The van der Waals surface area contributed by atoms with Crippen molar-refractivity contribution >= 4 is 47.4 Å². The van der Waals surface area contributed by atoms with E-state index in [9.17, 15) is 19.2 Å². The van der Waals surface area contributed by atoms with Gasteiger partial charge in [0.25, 0.3) is 0 Å². The van der Waals surface area contributed by atoms with E-state index in [0.29, 0.717) is 62.1 Å². The van der Waals surface area contributed by atoms with Gasteiger partial charge in [0, 0.05) is 23.5 Å². The van der Waals surface area contributed by atoms with Gasteiger partial charge in [0.15, 0.2) is 5.41 Å². The number of ether oxygens (including phenoxy) is 8. The van der Waals surface area contributed by atoms with E-state index in [0.717, 1.165) is 135 Å². The van der Waals surface area contributed by atoms with Crippen LogP contribution in [-0.2, 0) is 41.5 Å². The fourth-order valence-corrected chi connectivity index (χ4v) is 9.07. The number of hydrogen-bond acceptors (Lipinski definition) is 14. The highest BCUT2D eigenvalue weighted by molar-refractivity contribution is 6.01. The van der Waals surface area contributed by atoms with Crippen LogP contribution in [0.4, 0.5) is 11.4 Å². The van der Waals surface area contributed by atoms with E-state index in [1.165, 1.54) is 12.2 Å². The first-order valence-corrected chi connectivity index (χ1v) is 30.2. The van der Waals surface area contributed by atoms with Gasteiger partial charge in [-0.05, 0) is 183 Å². The molecule has 0 atom stereocenters. The highest BCUT2D eigenvalue weighted by atomic mass is 16.6. The quantitative estimate of drug-likeness (QED) is 0.00921. The molecule has 14 heteroatoms. The summed E-state index contributed by atoms with van der Waals surface area (Å²) in [5, 5.41) is 0. The van der Waals surface area contributed by atoms with Crippen molar-refractivity contribution in [2.75, 3.05) is 51.1 Å². The molecule has 0 aromatic heterocycles. The minimum Gasteiger partial charge on any atom is -0.494 e. The molecule has 6 aromatic carbocycles. The molecular weight excluding hydrogens is 1070 g/mol. The molecule has 0 bridgehead atoms. The van der Waals surface area contributed by atoms with Gasteiger partial charge in [0.05, 0.1) is 39.6 Å². The zero-order chi connectivity index (χ0) is 60.2. The van der Waals surface area contributed by atoms with Gasteiger partial charge in [-0.3, -0.25) is 9.59 Å². The second-order valence-electron chi connectivity index (χ2n) is 21.1. The van der Waals surface area contributed by atoms with E-state index in [2.05, 4.69) is 13.8 Å². The third-order valence-electron chi connectivity index (χ3n) is 14.0. The van der Waals surface area contributed by atoms with Crippen LogP contribution in [0.15, 0.2) is 158 Å². The van der Waals surface area contributed by atoms with E-state index >= 15 is 0 Å². The molecule has 85 heavy (non-hydrogen) atoms. The SMILES string of the molecule is CCCCOc1ccc(OC(=O)/C=C/c2ccc(OCCCCCCCCOC(=O)C(Cc3ccc(N)cc3)(Cc3ccc(N)cc3)C(=O)OCCCCCCCCOc3ccc(/C=C/C(=O)Oc4ccc(OCCCC)cc4)cc3)cc2)cc1. The van der Waals surface area contributed by atoms with Crippen LogP contribution in [0, 0.1) is 5.41 Å². The Labute approximate surface area is 502 Å². The van der Waals surface area contributed by atoms with Gasteiger partial charge >= 0.3 is 23.9 Å². The van der Waals surface area contributed by atoms with Gasteiger partial charge in [-0.25, -0.2) is 9.59 Å². The molecule has 0 fully saturated rings. The zero-order valence-corrected chi connectivity index (χ0v) is 49.7. The molecule has 4 N–H and O–H groups in total. The smallest absolute Gasteiger partial charge is 0.336 e. The van der Waals surface area contributed by atoms with Crippen LogP contribution in [0.2, 0.25) is 0 Å². The Morgan fingerprint density at radius 2 is 0.635 bits per heavy atom. The summed E-state index contributed by atoms with van der Waals surface area (Å²) < 4.78 is 46.1. The summed E-state index contributed by atoms with van der Waals surface area (Å²) in [6.45, 7) is 7.04. The maximum Gasteiger partial charge on any atom is 0.336 e. The largest absolute Gasteiger partial charge is 0.494 e. The highest BCUT2D eigenvalue weighted by Crippen LogP contribution is 2.33. The molecule has 452 valence electrons. The topological polar surface area (TPSA) is 194 Å². The number of carbonyl (C=O) groups is 4. The number of carbonyl (C=O) groups excluding carboxylic acids is 4. The molecule has 0 aliphatic rings. The van der Waals surface area contributed by atoms with E-state index in [1.54, 1.807) is 84.9 Å². The zero-order valence-electron chi connectivity index (χ0n) is 49.7. The number of rotatable bonds is 40. The van der Waals surface area contributed by atoms with Crippen molar-refractivity contribution in [3.8, 4) is 34.5 Å². The number of unbranched alkanes of at least 4 members (excludes halogenated alkanes) is 12. The molecule has 0 saturated heterocycles. The van der Waals surface area contributed by atoms with Crippen LogP contribution in [0.1, 0.15) is 139 Å². The van der Waals surface area contributed by atoms with Crippen LogP contribution in [-0.4, -0.2) is 63.5 Å². The summed E-state index contributed by atoms with van der Waals surface area (Å²) >= 11 is 0. The monoisotopic (exact) mass is 1160 g/mol. The van der Waals surface area contributed by atoms with Crippen molar-refractivity contribution in [2.45, 2.75) is 129 Å². The Bertz CT molecular complexity index is 2740. The maximum atomic E-state index is 14.4. The maximum absolute atomic E-state index is 14.4. The Hall–Kier alpha value is -8.52. The molecule has 0 unspecified atom stereocenters. The Balaban J connectivity index is 0.865. The first kappa shape index (κ1) is 65.6. The molecule has 0 heterocycles. The predicted octanol–water partition coefficient (Wildman–Crippen LogP) is 15.1. The normalized spacial score (nSPS) is 11.3. The third kappa shape index (κ3) is 25.1. The minimum atomic E-state index is -1.64. The van der Waals surface area contributed by atoms with Gasteiger partial charge in [-0.2, -0.15) is 0 Å². The van der Waals surface area contributed by atoms with Gasteiger partial charge < -0.3 is 49.4 Å². The van der Waals surface area contributed by atoms with Crippen LogP contribution in [0.25, 0.3) is 12.2 Å². The average Bonchev–Trinajstić information content (AvgIpc) is 3.71. The Morgan fingerprint density at radius 3 is 0.965 bits per heavy atom. The summed E-state index contributed by atoms with van der Waals surface area (Å²) in [7, 11) is 0. The average molecular weight is 1160 g/mol. The summed E-state index contributed by atoms with van der Waals surface area (Å²) in [5.41, 5.74) is 14.8. The lowest BCUT2D eigenvalue weighted by molar-refractivity contribution is -0.173. The molecule has 0 saturated carbocycles. The lowest BCUT2D eigenvalue weighted by Gasteiger charge is -2.30. The predicted molar refractivity (Wildman–Crippen MR) is 336 cm³/mol.